The molecule has 4 nitrogen and oxygen atoms in total. The Bertz CT molecular complexity index is 643. The van der Waals surface area contributed by atoms with Crippen molar-refractivity contribution in [1.82, 2.24) is 9.88 Å². The van der Waals surface area contributed by atoms with E-state index in [1.54, 1.807) is 29.3 Å². The fourth-order valence-corrected chi connectivity index (χ4v) is 2.69. The molecule has 1 atom stereocenters. The van der Waals surface area contributed by atoms with Crippen LogP contribution in [-0.2, 0) is 4.74 Å². The van der Waals surface area contributed by atoms with Crippen LogP contribution in [0, 0.1) is 0 Å². The largest absolute Gasteiger partial charge is 0.370 e. The number of ether oxygens (including phenoxy) is 1. The number of carbonyl (C=O) groups excluding carboxylic acids is 1. The molecule has 1 N–H and O–H groups in total. The van der Waals surface area contributed by atoms with Crippen molar-refractivity contribution in [2.24, 2.45) is 0 Å². The minimum atomic E-state index is -0.188. The molecule has 0 aliphatic carbocycles. The van der Waals surface area contributed by atoms with Crippen LogP contribution in [0.2, 0.25) is 10.0 Å². The van der Waals surface area contributed by atoms with E-state index < -0.39 is 0 Å². The lowest BCUT2D eigenvalue weighted by atomic mass is 10.1. The average molecular weight is 325 g/mol. The highest BCUT2D eigenvalue weighted by atomic mass is 35.5. The Hall–Kier alpha value is -1.49. The lowest BCUT2D eigenvalue weighted by Gasteiger charge is -2.33. The van der Waals surface area contributed by atoms with Crippen molar-refractivity contribution < 1.29 is 9.53 Å². The number of aromatic amines is 1. The van der Waals surface area contributed by atoms with E-state index in [1.807, 2.05) is 12.1 Å². The van der Waals surface area contributed by atoms with Crippen molar-refractivity contribution in [1.29, 1.82) is 0 Å². The first kappa shape index (κ1) is 14.4. The van der Waals surface area contributed by atoms with E-state index in [1.165, 1.54) is 0 Å². The molecule has 1 aliphatic heterocycles. The predicted octanol–water partition coefficient (Wildman–Crippen LogP) is 3.54. The molecular formula is C15H14Cl2N2O2. The van der Waals surface area contributed by atoms with Gasteiger partial charge in [0.05, 0.1) is 23.2 Å². The fourth-order valence-electron chi connectivity index (χ4n) is 2.38. The molecule has 2 heterocycles. The second-order valence-corrected chi connectivity index (χ2v) is 5.68. The zero-order valence-corrected chi connectivity index (χ0v) is 12.7. The Morgan fingerprint density at radius 1 is 1.29 bits per heavy atom. The Balaban J connectivity index is 1.76. The second-order valence-electron chi connectivity index (χ2n) is 4.87. The third kappa shape index (κ3) is 3.07. The van der Waals surface area contributed by atoms with E-state index in [0.717, 1.165) is 5.56 Å². The molecule has 0 radical (unpaired) electrons. The van der Waals surface area contributed by atoms with Gasteiger partial charge in [-0.2, -0.15) is 0 Å². The fraction of sp³-hybridized carbons (Fsp3) is 0.267. The number of benzene rings is 1. The van der Waals surface area contributed by atoms with E-state index in [-0.39, 0.29) is 12.0 Å². The van der Waals surface area contributed by atoms with Crippen LogP contribution in [0.5, 0.6) is 0 Å². The lowest BCUT2D eigenvalue weighted by molar-refractivity contribution is -0.0229. The van der Waals surface area contributed by atoms with E-state index in [9.17, 15) is 4.79 Å². The van der Waals surface area contributed by atoms with Crippen LogP contribution in [0.1, 0.15) is 22.2 Å². The second kappa shape index (κ2) is 6.10. The zero-order valence-electron chi connectivity index (χ0n) is 11.2. The predicted molar refractivity (Wildman–Crippen MR) is 81.9 cm³/mol. The number of morpholine rings is 1. The maximum atomic E-state index is 12.4. The lowest BCUT2D eigenvalue weighted by Crippen LogP contribution is -2.42. The summed E-state index contributed by atoms with van der Waals surface area (Å²) in [5, 5.41) is 1.00. The van der Waals surface area contributed by atoms with E-state index >= 15 is 0 Å². The van der Waals surface area contributed by atoms with E-state index in [4.69, 9.17) is 27.9 Å². The van der Waals surface area contributed by atoms with Gasteiger partial charge in [0.2, 0.25) is 0 Å². The highest BCUT2D eigenvalue weighted by Crippen LogP contribution is 2.29. The maximum Gasteiger partial charge on any atom is 0.270 e. The molecular weight excluding hydrogens is 311 g/mol. The SMILES string of the molecule is O=C(c1ccc[nH]1)N1CCOC(c2ccc(Cl)c(Cl)c2)C1. The highest BCUT2D eigenvalue weighted by molar-refractivity contribution is 6.42. The first-order valence-corrected chi connectivity index (χ1v) is 7.40. The molecule has 21 heavy (non-hydrogen) atoms. The van der Waals surface area contributed by atoms with Gasteiger partial charge in [-0.1, -0.05) is 29.3 Å². The van der Waals surface area contributed by atoms with E-state index in [0.29, 0.717) is 35.4 Å². The first-order chi connectivity index (χ1) is 10.1. The molecule has 110 valence electrons. The first-order valence-electron chi connectivity index (χ1n) is 6.64. The molecule has 1 aromatic carbocycles. The molecule has 2 aromatic rings. The van der Waals surface area contributed by atoms with Crippen molar-refractivity contribution in [3.05, 3.63) is 57.8 Å². The van der Waals surface area contributed by atoms with Gasteiger partial charge >= 0.3 is 0 Å². The normalized spacial score (nSPS) is 18.8. The summed E-state index contributed by atoms with van der Waals surface area (Å²) in [5.74, 6) is -0.0200. The molecule has 1 fully saturated rings. The third-order valence-electron chi connectivity index (χ3n) is 3.50. The summed E-state index contributed by atoms with van der Waals surface area (Å²) in [7, 11) is 0. The van der Waals surface area contributed by atoms with Crippen molar-refractivity contribution in [3.63, 3.8) is 0 Å². The van der Waals surface area contributed by atoms with E-state index in [2.05, 4.69) is 4.98 Å². The maximum absolute atomic E-state index is 12.4. The summed E-state index contributed by atoms with van der Waals surface area (Å²) < 4.78 is 5.75. The van der Waals surface area contributed by atoms with Crippen molar-refractivity contribution in [2.75, 3.05) is 19.7 Å². The number of carbonyl (C=O) groups is 1. The summed E-state index contributed by atoms with van der Waals surface area (Å²) in [6.45, 7) is 1.57. The molecule has 1 aromatic heterocycles. The van der Waals surface area contributed by atoms with Gasteiger partial charge in [0.25, 0.3) is 5.91 Å². The Morgan fingerprint density at radius 3 is 2.86 bits per heavy atom. The molecule has 0 bridgehead atoms. The minimum Gasteiger partial charge on any atom is -0.370 e. The Morgan fingerprint density at radius 2 is 2.14 bits per heavy atom. The van der Waals surface area contributed by atoms with Gasteiger partial charge in [0, 0.05) is 12.7 Å². The van der Waals surface area contributed by atoms with Crippen molar-refractivity contribution in [2.45, 2.75) is 6.10 Å². The summed E-state index contributed by atoms with van der Waals surface area (Å²) in [4.78, 5) is 17.1. The highest BCUT2D eigenvalue weighted by Gasteiger charge is 2.26. The summed E-state index contributed by atoms with van der Waals surface area (Å²) in [6.07, 6.45) is 1.55. The smallest absolute Gasteiger partial charge is 0.270 e. The number of hydrogen-bond acceptors (Lipinski definition) is 2. The van der Waals surface area contributed by atoms with Crippen LogP contribution in [-0.4, -0.2) is 35.5 Å². The Kier molecular flexibility index (Phi) is 4.19. The number of nitrogens with zero attached hydrogens (tertiary/aromatic N) is 1. The van der Waals surface area contributed by atoms with Gasteiger partial charge in [0.15, 0.2) is 0 Å². The number of aromatic nitrogens is 1. The van der Waals surface area contributed by atoms with Gasteiger partial charge in [-0.25, -0.2) is 0 Å². The number of halogens is 2. The molecule has 3 rings (SSSR count). The molecule has 1 aliphatic rings. The zero-order chi connectivity index (χ0) is 14.8. The summed E-state index contributed by atoms with van der Waals surface area (Å²) in [6, 6.07) is 8.99. The number of amides is 1. The van der Waals surface area contributed by atoms with Crippen LogP contribution >= 0.6 is 23.2 Å². The topological polar surface area (TPSA) is 45.3 Å². The molecule has 1 amide bonds. The molecule has 0 spiro atoms. The third-order valence-corrected chi connectivity index (χ3v) is 4.24. The van der Waals surface area contributed by atoms with Crippen LogP contribution in [0.4, 0.5) is 0 Å². The van der Waals surface area contributed by atoms with Gasteiger partial charge in [-0.05, 0) is 29.8 Å². The number of rotatable bonds is 2. The summed E-state index contributed by atoms with van der Waals surface area (Å²) >= 11 is 12.0. The van der Waals surface area contributed by atoms with Gasteiger partial charge in [-0.3, -0.25) is 4.79 Å². The molecule has 1 saturated heterocycles. The van der Waals surface area contributed by atoms with Crippen molar-refractivity contribution in [3.8, 4) is 0 Å². The van der Waals surface area contributed by atoms with Crippen LogP contribution in [0.3, 0.4) is 0 Å². The van der Waals surface area contributed by atoms with Gasteiger partial charge in [0.1, 0.15) is 11.8 Å². The molecule has 1 unspecified atom stereocenters. The summed E-state index contributed by atoms with van der Waals surface area (Å²) in [5.41, 5.74) is 1.51. The molecule has 6 heteroatoms. The average Bonchev–Trinajstić information content (AvgIpc) is 3.04. The Labute approximate surface area is 132 Å². The standard InChI is InChI=1S/C15H14Cl2N2O2/c16-11-4-3-10(8-12(11)17)14-9-19(6-7-21-14)15(20)13-2-1-5-18-13/h1-5,8,14,18H,6-7,9H2. The number of nitrogens with one attached hydrogen (secondary N) is 1. The number of hydrogen-bond donors (Lipinski definition) is 1. The van der Waals surface area contributed by atoms with Crippen LogP contribution in [0.15, 0.2) is 36.5 Å². The van der Waals surface area contributed by atoms with Crippen molar-refractivity contribution >= 4 is 29.1 Å². The van der Waals surface area contributed by atoms with Crippen LogP contribution in [0.25, 0.3) is 0 Å². The quantitative estimate of drug-likeness (QED) is 0.918. The monoisotopic (exact) mass is 324 g/mol. The minimum absolute atomic E-state index is 0.0200. The van der Waals surface area contributed by atoms with Crippen LogP contribution < -0.4 is 0 Å². The van der Waals surface area contributed by atoms with Gasteiger partial charge in [-0.15, -0.1) is 0 Å². The van der Waals surface area contributed by atoms with Gasteiger partial charge < -0.3 is 14.6 Å². The molecule has 0 saturated carbocycles. The number of H-pyrrole nitrogens is 1.